The molecule has 2 aromatic carbocycles. The lowest BCUT2D eigenvalue weighted by molar-refractivity contribution is -0.140. The number of carbonyl (C=O) groups is 2. The van der Waals surface area contributed by atoms with Crippen LogP contribution in [0.3, 0.4) is 0 Å². The molecule has 12 heteroatoms. The summed E-state index contributed by atoms with van der Waals surface area (Å²) >= 11 is 5.79. The van der Waals surface area contributed by atoms with Gasteiger partial charge in [-0.2, -0.15) is 4.31 Å². The topological polar surface area (TPSA) is 105 Å². The molecule has 2 aromatic rings. The first-order chi connectivity index (χ1) is 15.2. The molecule has 0 aromatic heterocycles. The maximum absolute atomic E-state index is 14.1. The van der Waals surface area contributed by atoms with Crippen LogP contribution in [-0.2, 0) is 30.9 Å². The molecule has 2 amide bonds. The fraction of sp³-hybridized carbons (Fsp3) is 0.300. The van der Waals surface area contributed by atoms with Crippen molar-refractivity contribution in [3.63, 3.8) is 0 Å². The minimum absolute atomic E-state index is 0.0262. The fourth-order valence-electron chi connectivity index (χ4n) is 3.03. The van der Waals surface area contributed by atoms with Crippen LogP contribution in [0.5, 0.6) is 0 Å². The number of ether oxygens (including phenoxy) is 1. The summed E-state index contributed by atoms with van der Waals surface area (Å²) in [6, 6.07) is 8.75. The van der Waals surface area contributed by atoms with Gasteiger partial charge in [-0.1, -0.05) is 23.7 Å². The molecule has 8 nitrogen and oxygen atoms in total. The van der Waals surface area contributed by atoms with Crippen molar-refractivity contribution in [2.75, 3.05) is 19.7 Å². The van der Waals surface area contributed by atoms with E-state index in [0.29, 0.717) is 17.5 Å². The van der Waals surface area contributed by atoms with E-state index in [4.69, 9.17) is 16.3 Å². The zero-order valence-electron chi connectivity index (χ0n) is 16.7. The second-order valence-corrected chi connectivity index (χ2v) is 9.18. The molecule has 2 N–H and O–H groups in total. The van der Waals surface area contributed by atoms with Gasteiger partial charge >= 0.3 is 11.8 Å². The number of hydrogen-bond acceptors (Lipinski definition) is 5. The third-order valence-corrected chi connectivity index (χ3v) is 6.80. The largest absolute Gasteiger partial charge is 0.360 e. The van der Waals surface area contributed by atoms with Gasteiger partial charge < -0.3 is 15.4 Å². The maximum Gasteiger partial charge on any atom is 0.309 e. The van der Waals surface area contributed by atoms with E-state index in [0.717, 1.165) is 22.0 Å². The van der Waals surface area contributed by atoms with E-state index < -0.39 is 44.6 Å². The van der Waals surface area contributed by atoms with E-state index in [9.17, 15) is 26.8 Å². The minimum atomic E-state index is -4.45. The van der Waals surface area contributed by atoms with Gasteiger partial charge in [0.05, 0.1) is 13.2 Å². The molecule has 32 heavy (non-hydrogen) atoms. The van der Waals surface area contributed by atoms with Gasteiger partial charge in [0.1, 0.15) is 22.8 Å². The van der Waals surface area contributed by atoms with Gasteiger partial charge in [0, 0.05) is 18.1 Å². The number of nitrogens with one attached hydrogen (secondary N) is 2. The number of hydrogen-bond donors (Lipinski definition) is 2. The normalized spacial score (nSPS) is 17.0. The fourth-order valence-corrected chi connectivity index (χ4v) is 4.80. The predicted molar refractivity (Wildman–Crippen MR) is 111 cm³/mol. The van der Waals surface area contributed by atoms with E-state index in [2.05, 4.69) is 10.6 Å². The van der Waals surface area contributed by atoms with Gasteiger partial charge in [0.15, 0.2) is 0 Å². The van der Waals surface area contributed by atoms with Crippen LogP contribution in [0, 0.1) is 11.6 Å². The summed E-state index contributed by atoms with van der Waals surface area (Å²) in [6.07, 6.45) is -0.869. The molecule has 172 valence electrons. The molecule has 0 bridgehead atoms. The third-order valence-electron chi connectivity index (χ3n) is 4.64. The highest BCUT2D eigenvalue weighted by Gasteiger charge is 2.36. The first kappa shape index (κ1) is 24.1. The summed E-state index contributed by atoms with van der Waals surface area (Å²) in [7, 11) is -4.45. The molecule has 3 rings (SSSR count). The van der Waals surface area contributed by atoms with Crippen molar-refractivity contribution in [1.29, 1.82) is 0 Å². The van der Waals surface area contributed by atoms with Crippen LogP contribution in [0.2, 0.25) is 5.02 Å². The number of amides is 2. The highest BCUT2D eigenvalue weighted by Crippen LogP contribution is 2.24. The Hall–Kier alpha value is -2.60. The Kier molecular flexibility index (Phi) is 7.77. The van der Waals surface area contributed by atoms with Gasteiger partial charge in [0.25, 0.3) is 0 Å². The van der Waals surface area contributed by atoms with Crippen molar-refractivity contribution in [2.24, 2.45) is 0 Å². The Balaban J connectivity index is 1.62. The molecule has 1 saturated heterocycles. The summed E-state index contributed by atoms with van der Waals surface area (Å²) in [5.41, 5.74) is 0.723. The second-order valence-electron chi connectivity index (χ2n) is 6.89. The monoisotopic (exact) mass is 487 g/mol. The molecule has 1 fully saturated rings. The Morgan fingerprint density at radius 2 is 1.78 bits per heavy atom. The van der Waals surface area contributed by atoms with E-state index >= 15 is 0 Å². The molecule has 1 aliphatic heterocycles. The molecular weight excluding hydrogens is 468 g/mol. The lowest BCUT2D eigenvalue weighted by atomic mass is 10.2. The average Bonchev–Trinajstić information content (AvgIpc) is 2.78. The third kappa shape index (κ3) is 5.80. The summed E-state index contributed by atoms with van der Waals surface area (Å²) < 4.78 is 59.6. The zero-order chi connectivity index (χ0) is 23.3. The Morgan fingerprint density at radius 3 is 2.50 bits per heavy atom. The molecule has 0 spiro atoms. The number of halogens is 3. The molecule has 1 heterocycles. The first-order valence-electron chi connectivity index (χ1n) is 9.57. The summed E-state index contributed by atoms with van der Waals surface area (Å²) in [4.78, 5) is 23.3. The molecule has 1 aliphatic rings. The summed E-state index contributed by atoms with van der Waals surface area (Å²) in [5, 5.41) is 5.27. The van der Waals surface area contributed by atoms with Crippen LogP contribution in [0.15, 0.2) is 47.4 Å². The van der Waals surface area contributed by atoms with Crippen LogP contribution in [0.4, 0.5) is 8.78 Å². The van der Waals surface area contributed by atoms with E-state index in [1.807, 2.05) is 0 Å². The molecule has 1 atom stereocenters. The van der Waals surface area contributed by atoms with Gasteiger partial charge in [-0.05, 0) is 42.3 Å². The average molecular weight is 488 g/mol. The molecule has 0 unspecified atom stereocenters. The Morgan fingerprint density at radius 1 is 1.09 bits per heavy atom. The van der Waals surface area contributed by atoms with Gasteiger partial charge in [0.2, 0.25) is 10.0 Å². The lowest BCUT2D eigenvalue weighted by Gasteiger charge is -2.34. The van der Waals surface area contributed by atoms with Gasteiger partial charge in [-0.25, -0.2) is 17.2 Å². The Bertz CT molecular complexity index is 1100. The maximum atomic E-state index is 14.1. The number of carbonyl (C=O) groups excluding carboxylic acids is 2. The van der Waals surface area contributed by atoms with Crippen LogP contribution < -0.4 is 10.6 Å². The number of benzene rings is 2. The highest BCUT2D eigenvalue weighted by atomic mass is 35.5. The minimum Gasteiger partial charge on any atom is -0.360 e. The quantitative estimate of drug-likeness (QED) is 0.604. The highest BCUT2D eigenvalue weighted by molar-refractivity contribution is 7.89. The number of sulfonamides is 1. The van der Waals surface area contributed by atoms with Gasteiger partial charge in [-0.3, -0.25) is 9.59 Å². The van der Waals surface area contributed by atoms with Crippen LogP contribution in [0.25, 0.3) is 0 Å². The van der Waals surface area contributed by atoms with Crippen LogP contribution >= 0.6 is 11.6 Å². The number of nitrogens with zero attached hydrogens (tertiary/aromatic N) is 1. The predicted octanol–water partition coefficient (Wildman–Crippen LogP) is 1.79. The summed E-state index contributed by atoms with van der Waals surface area (Å²) in [5.74, 6) is -3.95. The Labute approximate surface area is 188 Å². The number of rotatable bonds is 6. The smallest absolute Gasteiger partial charge is 0.309 e. The van der Waals surface area contributed by atoms with E-state index in [1.54, 1.807) is 24.3 Å². The molecule has 0 saturated carbocycles. The van der Waals surface area contributed by atoms with E-state index in [-0.39, 0.29) is 26.2 Å². The SMILES string of the molecule is O=C(NCc1ccc(Cl)cc1)C(=O)NC[C@@H]1OCCCN1S(=O)(=O)c1cc(F)ccc1F. The second kappa shape index (κ2) is 10.3. The van der Waals surface area contributed by atoms with Crippen molar-refractivity contribution in [3.05, 3.63) is 64.7 Å². The molecule has 0 aliphatic carbocycles. The molecular formula is C20H20ClF2N3O5S. The standard InChI is InChI=1S/C20H20ClF2N3O5S/c21-14-4-2-13(3-5-14)11-24-19(27)20(28)25-12-18-26(8-1-9-31-18)32(29,30)17-10-15(22)6-7-16(17)23/h2-7,10,18H,1,8-9,11-12H2,(H,24,27)(H,25,28)/t18-/m0/s1. The van der Waals surface area contributed by atoms with Crippen molar-refractivity contribution < 1.29 is 31.5 Å². The first-order valence-corrected chi connectivity index (χ1v) is 11.4. The van der Waals surface area contributed by atoms with Gasteiger partial charge in [-0.15, -0.1) is 0 Å². The van der Waals surface area contributed by atoms with Crippen molar-refractivity contribution in [3.8, 4) is 0 Å². The molecule has 0 radical (unpaired) electrons. The summed E-state index contributed by atoms with van der Waals surface area (Å²) in [6.45, 7) is -0.103. The lowest BCUT2D eigenvalue weighted by Crippen LogP contribution is -2.53. The van der Waals surface area contributed by atoms with Crippen LogP contribution in [0.1, 0.15) is 12.0 Å². The van der Waals surface area contributed by atoms with Crippen molar-refractivity contribution in [2.45, 2.75) is 24.1 Å². The van der Waals surface area contributed by atoms with Crippen molar-refractivity contribution in [1.82, 2.24) is 14.9 Å². The zero-order valence-corrected chi connectivity index (χ0v) is 18.3. The van der Waals surface area contributed by atoms with E-state index in [1.165, 1.54) is 0 Å². The van der Waals surface area contributed by atoms with Crippen LogP contribution in [-0.4, -0.2) is 50.5 Å². The van der Waals surface area contributed by atoms with Crippen molar-refractivity contribution >= 4 is 33.4 Å².